The number of nitrogens with zero attached hydrogens (tertiary/aromatic N) is 2. The maximum atomic E-state index is 11.2. The number of pyridine rings is 1. The van der Waals surface area contributed by atoms with E-state index in [9.17, 15) is 9.59 Å². The first-order valence-electron chi connectivity index (χ1n) is 9.22. The van der Waals surface area contributed by atoms with E-state index >= 15 is 0 Å². The van der Waals surface area contributed by atoms with Crippen LogP contribution in [-0.4, -0.2) is 21.6 Å². The Kier molecular flexibility index (Phi) is 4.89. The molecule has 0 fully saturated rings. The van der Waals surface area contributed by atoms with Gasteiger partial charge in [-0.1, -0.05) is 18.2 Å². The van der Waals surface area contributed by atoms with Crippen molar-refractivity contribution in [2.75, 3.05) is 5.73 Å². The highest BCUT2D eigenvalue weighted by atomic mass is 16.1. The van der Waals surface area contributed by atoms with Crippen molar-refractivity contribution in [1.82, 2.24) is 20.5 Å². The minimum absolute atomic E-state index is 0.161. The number of nitrogens with two attached hydrogens (primary N) is 1. The second-order valence-corrected chi connectivity index (χ2v) is 7.11. The number of aromatic amines is 1. The van der Waals surface area contributed by atoms with Gasteiger partial charge in [-0.15, -0.1) is 0 Å². The molecule has 0 radical (unpaired) electrons. The molecule has 1 aliphatic carbocycles. The standard InChI is InChI=1S/C21H21N5O2/c22-21-17(2-1-7-23-21)19(24-12-27)10-13-8-14-3-4-15(11-16(14)9-13)18-5-6-20(28)26-25-18/h1-7,11-13,19H,8-10H2,(H2,22,23)(H,24,27)(H,26,28). The largest absolute Gasteiger partial charge is 0.383 e. The van der Waals surface area contributed by atoms with E-state index in [2.05, 4.69) is 32.6 Å². The molecule has 0 bridgehead atoms. The molecule has 2 atom stereocenters. The van der Waals surface area contributed by atoms with Gasteiger partial charge in [0, 0.05) is 23.4 Å². The summed E-state index contributed by atoms with van der Waals surface area (Å²) in [6, 6.07) is 13.1. The van der Waals surface area contributed by atoms with Crippen LogP contribution in [0.5, 0.6) is 0 Å². The zero-order valence-corrected chi connectivity index (χ0v) is 15.3. The molecule has 142 valence electrons. The van der Waals surface area contributed by atoms with Gasteiger partial charge in [-0.2, -0.15) is 5.10 Å². The van der Waals surface area contributed by atoms with Crippen LogP contribution in [0.15, 0.2) is 53.5 Å². The number of aromatic nitrogens is 3. The monoisotopic (exact) mass is 375 g/mol. The molecule has 1 aliphatic rings. The lowest BCUT2D eigenvalue weighted by Crippen LogP contribution is -2.24. The Hall–Kier alpha value is -3.48. The fraction of sp³-hybridized carbons (Fsp3) is 0.238. The van der Waals surface area contributed by atoms with Crippen LogP contribution >= 0.6 is 0 Å². The predicted molar refractivity (Wildman–Crippen MR) is 106 cm³/mol. The molecule has 1 amide bonds. The van der Waals surface area contributed by atoms with Crippen molar-refractivity contribution in [1.29, 1.82) is 0 Å². The van der Waals surface area contributed by atoms with Crippen LogP contribution < -0.4 is 16.6 Å². The third-order valence-corrected chi connectivity index (χ3v) is 5.28. The van der Waals surface area contributed by atoms with E-state index in [4.69, 9.17) is 5.73 Å². The lowest BCUT2D eigenvalue weighted by Gasteiger charge is -2.21. The second kappa shape index (κ2) is 7.64. The number of hydrogen-bond donors (Lipinski definition) is 3. The van der Waals surface area contributed by atoms with Gasteiger partial charge in [0.15, 0.2) is 0 Å². The SMILES string of the molecule is Nc1ncccc1C(CC1Cc2ccc(-c3ccc(=O)[nH]n3)cc2C1)NC=O. The number of nitrogen functional groups attached to an aromatic ring is 1. The van der Waals surface area contributed by atoms with Gasteiger partial charge in [0.2, 0.25) is 6.41 Å². The first-order valence-corrected chi connectivity index (χ1v) is 9.22. The zero-order valence-electron chi connectivity index (χ0n) is 15.3. The molecule has 2 heterocycles. The van der Waals surface area contributed by atoms with Crippen LogP contribution in [0.1, 0.15) is 29.2 Å². The molecule has 7 nitrogen and oxygen atoms in total. The third kappa shape index (κ3) is 3.64. The van der Waals surface area contributed by atoms with E-state index in [1.54, 1.807) is 12.3 Å². The summed E-state index contributed by atoms with van der Waals surface area (Å²) in [5.74, 6) is 0.842. The van der Waals surface area contributed by atoms with Crippen molar-refractivity contribution < 1.29 is 4.79 Å². The number of amides is 1. The summed E-state index contributed by atoms with van der Waals surface area (Å²) in [5.41, 5.74) is 11.0. The number of benzene rings is 1. The number of anilines is 1. The van der Waals surface area contributed by atoms with E-state index in [-0.39, 0.29) is 11.6 Å². The summed E-state index contributed by atoms with van der Waals surface area (Å²) in [6.45, 7) is 0. The molecule has 28 heavy (non-hydrogen) atoms. The molecule has 0 spiro atoms. The molecule has 2 unspecified atom stereocenters. The highest BCUT2D eigenvalue weighted by Crippen LogP contribution is 2.35. The average molecular weight is 375 g/mol. The van der Waals surface area contributed by atoms with Gasteiger partial charge < -0.3 is 11.1 Å². The Morgan fingerprint density at radius 3 is 2.82 bits per heavy atom. The Bertz CT molecular complexity index is 1040. The van der Waals surface area contributed by atoms with Crippen LogP contribution in [0.25, 0.3) is 11.3 Å². The maximum absolute atomic E-state index is 11.2. The van der Waals surface area contributed by atoms with Crippen LogP contribution in [0.3, 0.4) is 0 Å². The highest BCUT2D eigenvalue weighted by Gasteiger charge is 2.26. The number of nitrogens with one attached hydrogen (secondary N) is 2. The Balaban J connectivity index is 1.52. The van der Waals surface area contributed by atoms with Gasteiger partial charge in [-0.3, -0.25) is 9.59 Å². The first kappa shape index (κ1) is 17.9. The first-order chi connectivity index (χ1) is 13.6. The fourth-order valence-electron chi connectivity index (χ4n) is 3.97. The van der Waals surface area contributed by atoms with E-state index in [1.807, 2.05) is 18.2 Å². The van der Waals surface area contributed by atoms with Crippen LogP contribution in [0, 0.1) is 5.92 Å². The van der Waals surface area contributed by atoms with E-state index in [0.717, 1.165) is 42.5 Å². The van der Waals surface area contributed by atoms with Crippen molar-refractivity contribution in [2.45, 2.75) is 25.3 Å². The summed E-state index contributed by atoms with van der Waals surface area (Å²) >= 11 is 0. The quantitative estimate of drug-likeness (QED) is 0.570. The molecule has 4 N–H and O–H groups in total. The molecule has 4 rings (SSSR count). The summed E-state index contributed by atoms with van der Waals surface area (Å²) in [5, 5.41) is 9.47. The molecular formula is C21H21N5O2. The smallest absolute Gasteiger partial charge is 0.264 e. The van der Waals surface area contributed by atoms with E-state index in [1.165, 1.54) is 17.2 Å². The number of H-pyrrole nitrogens is 1. The van der Waals surface area contributed by atoms with Crippen molar-refractivity contribution >= 4 is 12.2 Å². The topological polar surface area (TPSA) is 114 Å². The van der Waals surface area contributed by atoms with Crippen molar-refractivity contribution in [2.24, 2.45) is 5.92 Å². The number of carbonyl (C=O) groups is 1. The minimum atomic E-state index is -0.214. The Morgan fingerprint density at radius 1 is 1.21 bits per heavy atom. The Morgan fingerprint density at radius 2 is 2.07 bits per heavy atom. The number of rotatable bonds is 6. The predicted octanol–water partition coefficient (Wildman–Crippen LogP) is 2.01. The molecule has 0 saturated carbocycles. The van der Waals surface area contributed by atoms with Crippen molar-refractivity contribution in [3.05, 3.63) is 75.7 Å². The average Bonchev–Trinajstić information content (AvgIpc) is 3.10. The van der Waals surface area contributed by atoms with Gasteiger partial charge in [0.05, 0.1) is 11.7 Å². The van der Waals surface area contributed by atoms with Crippen molar-refractivity contribution in [3.63, 3.8) is 0 Å². The normalized spacial score (nSPS) is 16.4. The summed E-state index contributed by atoms with van der Waals surface area (Å²) in [7, 11) is 0. The zero-order chi connectivity index (χ0) is 19.5. The summed E-state index contributed by atoms with van der Waals surface area (Å²) in [4.78, 5) is 26.5. The van der Waals surface area contributed by atoms with Crippen molar-refractivity contribution in [3.8, 4) is 11.3 Å². The van der Waals surface area contributed by atoms with Gasteiger partial charge in [-0.05, 0) is 54.5 Å². The van der Waals surface area contributed by atoms with Gasteiger partial charge in [0.25, 0.3) is 5.56 Å². The minimum Gasteiger partial charge on any atom is -0.383 e. The van der Waals surface area contributed by atoms with Gasteiger partial charge in [0.1, 0.15) is 5.82 Å². The van der Waals surface area contributed by atoms with Crippen LogP contribution in [0.4, 0.5) is 5.82 Å². The molecular weight excluding hydrogens is 354 g/mol. The highest BCUT2D eigenvalue weighted by molar-refractivity contribution is 5.61. The Labute approximate surface area is 162 Å². The van der Waals surface area contributed by atoms with Gasteiger partial charge >= 0.3 is 0 Å². The maximum Gasteiger partial charge on any atom is 0.264 e. The lowest BCUT2D eigenvalue weighted by molar-refractivity contribution is -0.110. The van der Waals surface area contributed by atoms with Gasteiger partial charge in [-0.25, -0.2) is 10.1 Å². The molecule has 0 aliphatic heterocycles. The molecule has 3 aromatic rings. The number of carbonyl (C=O) groups excluding carboxylic acids is 1. The number of hydrogen-bond acceptors (Lipinski definition) is 5. The fourth-order valence-corrected chi connectivity index (χ4v) is 3.97. The third-order valence-electron chi connectivity index (χ3n) is 5.28. The summed E-state index contributed by atoms with van der Waals surface area (Å²) in [6.07, 6.45) is 5.03. The lowest BCUT2D eigenvalue weighted by atomic mass is 9.93. The molecule has 7 heteroatoms. The second-order valence-electron chi connectivity index (χ2n) is 7.11. The molecule has 0 saturated heterocycles. The van der Waals surface area contributed by atoms with Crippen LogP contribution in [-0.2, 0) is 17.6 Å². The van der Waals surface area contributed by atoms with E-state index < -0.39 is 0 Å². The van der Waals surface area contributed by atoms with E-state index in [0.29, 0.717) is 11.7 Å². The summed E-state index contributed by atoms with van der Waals surface area (Å²) < 4.78 is 0. The molecule has 2 aromatic heterocycles. The van der Waals surface area contributed by atoms with Crippen LogP contribution in [0.2, 0.25) is 0 Å². The molecule has 1 aromatic carbocycles. The number of fused-ring (bicyclic) bond motifs is 1.